The number of nitrogens with one attached hydrogen (secondary N) is 1. The van der Waals surface area contributed by atoms with E-state index in [4.69, 9.17) is 11.5 Å². The second-order valence-corrected chi connectivity index (χ2v) is 10.1. The average Bonchev–Trinajstić information content (AvgIpc) is 3.55. The molecular formula is C25H33N7O3S. The molecule has 192 valence electrons. The van der Waals surface area contributed by atoms with Crippen LogP contribution >= 0.6 is 11.3 Å². The Kier molecular flexibility index (Phi) is 8.52. The van der Waals surface area contributed by atoms with Gasteiger partial charge in [-0.25, -0.2) is 4.98 Å². The lowest BCUT2D eigenvalue weighted by Crippen LogP contribution is -2.59. The highest BCUT2D eigenvalue weighted by atomic mass is 32.1. The van der Waals surface area contributed by atoms with E-state index in [1.165, 1.54) is 11.3 Å². The molecule has 3 amide bonds. The Hall–Kier alpha value is -3.47. The molecule has 36 heavy (non-hydrogen) atoms. The number of hydrogen-bond donors (Lipinski definition) is 3. The maximum absolute atomic E-state index is 13.3. The van der Waals surface area contributed by atoms with E-state index in [1.54, 1.807) is 16.0 Å². The van der Waals surface area contributed by atoms with Crippen LogP contribution < -0.4 is 16.8 Å². The van der Waals surface area contributed by atoms with E-state index in [2.05, 4.69) is 15.3 Å². The van der Waals surface area contributed by atoms with E-state index < -0.39 is 6.04 Å². The highest BCUT2D eigenvalue weighted by molar-refractivity contribution is 7.09. The minimum absolute atomic E-state index is 0.0162. The number of nitrogens with zero attached hydrogens (tertiary/aromatic N) is 4. The van der Waals surface area contributed by atoms with Gasteiger partial charge < -0.3 is 26.6 Å². The number of hydrogen-bond acceptors (Lipinski definition) is 6. The molecule has 11 heteroatoms. The predicted molar refractivity (Wildman–Crippen MR) is 138 cm³/mol. The first-order chi connectivity index (χ1) is 17.4. The summed E-state index contributed by atoms with van der Waals surface area (Å²) in [5, 5.41) is 5.78. The Morgan fingerprint density at radius 3 is 2.75 bits per heavy atom. The molecule has 1 aromatic carbocycles. The van der Waals surface area contributed by atoms with Crippen LogP contribution in [0, 0.1) is 0 Å². The van der Waals surface area contributed by atoms with Gasteiger partial charge in [0, 0.05) is 31.1 Å². The molecule has 0 bridgehead atoms. The molecule has 4 rings (SSSR count). The van der Waals surface area contributed by atoms with Gasteiger partial charge in [0.1, 0.15) is 11.0 Å². The van der Waals surface area contributed by atoms with Crippen LogP contribution in [0.4, 0.5) is 0 Å². The number of benzene rings is 1. The Labute approximate surface area is 214 Å². The molecule has 2 saturated heterocycles. The van der Waals surface area contributed by atoms with Crippen LogP contribution in [0.2, 0.25) is 0 Å². The lowest BCUT2D eigenvalue weighted by molar-refractivity contribution is -0.151. The Morgan fingerprint density at radius 1 is 1.22 bits per heavy atom. The van der Waals surface area contributed by atoms with Crippen molar-refractivity contribution in [3.05, 3.63) is 52.5 Å². The van der Waals surface area contributed by atoms with Gasteiger partial charge in [0.2, 0.25) is 17.7 Å². The van der Waals surface area contributed by atoms with E-state index in [9.17, 15) is 14.4 Å². The molecule has 10 nitrogen and oxygen atoms in total. The SMILES string of the molecule is NC(N)=NCCCC(NC(=O)C1CC[C@H]2CN(C(=O)CCc3ccccc3)CC(=O)N12)c1nccs1. The molecule has 1 aromatic heterocycles. The van der Waals surface area contributed by atoms with Gasteiger partial charge in [-0.1, -0.05) is 30.3 Å². The van der Waals surface area contributed by atoms with Gasteiger partial charge in [-0.05, 0) is 37.7 Å². The normalized spacial score (nSPS) is 20.1. The monoisotopic (exact) mass is 511 g/mol. The van der Waals surface area contributed by atoms with Gasteiger partial charge in [0.25, 0.3) is 0 Å². The number of fused-ring (bicyclic) bond motifs is 1. The Morgan fingerprint density at radius 2 is 2.03 bits per heavy atom. The van der Waals surface area contributed by atoms with Gasteiger partial charge in [0.05, 0.1) is 18.6 Å². The first-order valence-corrected chi connectivity index (χ1v) is 13.2. The maximum Gasteiger partial charge on any atom is 0.243 e. The number of piperazine rings is 1. The molecule has 0 saturated carbocycles. The topological polar surface area (TPSA) is 147 Å². The fourth-order valence-electron chi connectivity index (χ4n) is 4.94. The van der Waals surface area contributed by atoms with Crippen molar-refractivity contribution in [2.24, 2.45) is 16.5 Å². The fraction of sp³-hybridized carbons (Fsp3) is 0.480. The van der Waals surface area contributed by atoms with Crippen LogP contribution in [0.3, 0.4) is 0 Å². The van der Waals surface area contributed by atoms with E-state index in [1.807, 2.05) is 35.7 Å². The third kappa shape index (κ3) is 6.39. The van der Waals surface area contributed by atoms with Crippen molar-refractivity contribution in [2.45, 2.75) is 56.7 Å². The van der Waals surface area contributed by atoms with Crippen molar-refractivity contribution in [3.63, 3.8) is 0 Å². The molecule has 2 aliphatic heterocycles. The van der Waals surface area contributed by atoms with Gasteiger partial charge in [0.15, 0.2) is 5.96 Å². The van der Waals surface area contributed by atoms with Crippen LogP contribution in [0.15, 0.2) is 46.9 Å². The number of nitrogens with two attached hydrogens (primary N) is 2. The van der Waals surface area contributed by atoms with Crippen LogP contribution in [0.25, 0.3) is 0 Å². The number of thiazole rings is 1. The van der Waals surface area contributed by atoms with Crippen LogP contribution in [-0.2, 0) is 20.8 Å². The summed E-state index contributed by atoms with van der Waals surface area (Å²) in [6, 6.07) is 8.90. The zero-order chi connectivity index (χ0) is 25.5. The van der Waals surface area contributed by atoms with Crippen molar-refractivity contribution in [2.75, 3.05) is 19.6 Å². The van der Waals surface area contributed by atoms with Crippen molar-refractivity contribution in [1.82, 2.24) is 20.1 Å². The van der Waals surface area contributed by atoms with Crippen molar-refractivity contribution >= 4 is 35.0 Å². The molecule has 0 spiro atoms. The van der Waals surface area contributed by atoms with Crippen molar-refractivity contribution in [1.29, 1.82) is 0 Å². The maximum atomic E-state index is 13.3. The molecule has 2 unspecified atom stereocenters. The number of carbonyl (C=O) groups is 3. The summed E-state index contributed by atoms with van der Waals surface area (Å²) in [6.07, 6.45) is 5.29. The molecule has 0 aliphatic carbocycles. The van der Waals surface area contributed by atoms with Gasteiger partial charge >= 0.3 is 0 Å². The van der Waals surface area contributed by atoms with Gasteiger partial charge in [-0.3, -0.25) is 19.4 Å². The fourth-order valence-corrected chi connectivity index (χ4v) is 5.66. The lowest BCUT2D eigenvalue weighted by atomic mass is 10.1. The summed E-state index contributed by atoms with van der Waals surface area (Å²) < 4.78 is 0. The quantitative estimate of drug-likeness (QED) is 0.248. The summed E-state index contributed by atoms with van der Waals surface area (Å²) in [5.41, 5.74) is 11.9. The van der Waals surface area contributed by atoms with E-state index in [0.717, 1.165) is 10.6 Å². The molecule has 2 aliphatic rings. The summed E-state index contributed by atoms with van der Waals surface area (Å²) in [5.74, 6) is -0.338. The number of rotatable bonds is 10. The minimum Gasteiger partial charge on any atom is -0.370 e. The number of aliphatic imine (C=N–C) groups is 1. The van der Waals surface area contributed by atoms with Crippen LogP contribution in [-0.4, -0.2) is 70.2 Å². The second kappa shape index (κ2) is 12.0. The van der Waals surface area contributed by atoms with E-state index in [-0.39, 0.29) is 42.3 Å². The zero-order valence-corrected chi connectivity index (χ0v) is 21.0. The molecular weight excluding hydrogens is 478 g/mol. The third-order valence-electron chi connectivity index (χ3n) is 6.68. The molecule has 0 radical (unpaired) electrons. The molecule has 2 fully saturated rings. The summed E-state index contributed by atoms with van der Waals surface area (Å²) in [4.78, 5) is 50.9. The molecule has 3 heterocycles. The number of aryl methyl sites for hydroxylation is 1. The molecule has 2 aromatic rings. The molecule has 3 atom stereocenters. The van der Waals surface area contributed by atoms with Crippen LogP contribution in [0.1, 0.15) is 48.7 Å². The summed E-state index contributed by atoms with van der Waals surface area (Å²) >= 11 is 1.47. The first-order valence-electron chi connectivity index (χ1n) is 12.3. The smallest absolute Gasteiger partial charge is 0.243 e. The Bertz CT molecular complexity index is 1070. The third-order valence-corrected chi connectivity index (χ3v) is 7.57. The average molecular weight is 512 g/mol. The molecule has 5 N–H and O–H groups in total. The highest BCUT2D eigenvalue weighted by Crippen LogP contribution is 2.30. The van der Waals surface area contributed by atoms with Crippen LogP contribution in [0.5, 0.6) is 0 Å². The minimum atomic E-state index is -0.538. The van der Waals surface area contributed by atoms with Crippen molar-refractivity contribution < 1.29 is 14.4 Å². The summed E-state index contributed by atoms with van der Waals surface area (Å²) in [6.45, 7) is 0.949. The predicted octanol–water partition coefficient (Wildman–Crippen LogP) is 1.19. The number of carbonyl (C=O) groups excluding carboxylic acids is 3. The lowest BCUT2D eigenvalue weighted by Gasteiger charge is -2.39. The largest absolute Gasteiger partial charge is 0.370 e. The standard InChI is InChI=1S/C25H33N7O3S/c26-25(27)29-12-4-7-19(24-28-13-14-36-24)30-23(35)20-10-9-18-15-31(16-22(34)32(18)20)21(33)11-8-17-5-2-1-3-6-17/h1-3,5-6,13-14,18-20H,4,7-12,15-16H2,(H,30,35)(H4,26,27,29)/t18-,19?,20?/m0/s1. The number of guanidine groups is 1. The number of amides is 3. The zero-order valence-electron chi connectivity index (χ0n) is 20.2. The van der Waals surface area contributed by atoms with E-state index >= 15 is 0 Å². The first kappa shape index (κ1) is 25.6. The van der Waals surface area contributed by atoms with Crippen molar-refractivity contribution in [3.8, 4) is 0 Å². The van der Waals surface area contributed by atoms with Gasteiger partial charge in [-0.2, -0.15) is 0 Å². The van der Waals surface area contributed by atoms with Gasteiger partial charge in [-0.15, -0.1) is 11.3 Å². The highest BCUT2D eigenvalue weighted by Gasteiger charge is 2.45. The summed E-state index contributed by atoms with van der Waals surface area (Å²) in [7, 11) is 0. The second-order valence-electron chi connectivity index (χ2n) is 9.19. The number of aromatic nitrogens is 1. The Balaban J connectivity index is 1.33. The van der Waals surface area contributed by atoms with E-state index in [0.29, 0.717) is 51.6 Å².